The topological polar surface area (TPSA) is 45.5 Å². The van der Waals surface area contributed by atoms with Crippen LogP contribution in [0.2, 0.25) is 0 Å². The Morgan fingerprint density at radius 2 is 2.11 bits per heavy atom. The Hall–Kier alpha value is -1.73. The van der Waals surface area contributed by atoms with E-state index < -0.39 is 0 Å². The first-order valence-electron chi connectivity index (χ1n) is 6.15. The van der Waals surface area contributed by atoms with Crippen LogP contribution in [0.5, 0.6) is 5.75 Å². The third kappa shape index (κ3) is 2.57. The highest BCUT2D eigenvalue weighted by atomic mass is 16.5. The maximum Gasteiger partial charge on any atom is 0.121 e. The summed E-state index contributed by atoms with van der Waals surface area (Å²) < 4.78 is 10.6. The van der Waals surface area contributed by atoms with Crippen molar-refractivity contribution < 1.29 is 9.47 Å². The minimum Gasteiger partial charge on any atom is -0.497 e. The zero-order valence-corrected chi connectivity index (χ0v) is 10.8. The van der Waals surface area contributed by atoms with Gasteiger partial charge in [0.15, 0.2) is 0 Å². The molecule has 0 aliphatic carbocycles. The molecule has 1 aliphatic heterocycles. The molecule has 4 nitrogen and oxygen atoms in total. The van der Waals surface area contributed by atoms with Gasteiger partial charge in [-0.15, -0.1) is 0 Å². The van der Waals surface area contributed by atoms with Gasteiger partial charge in [-0.05, 0) is 25.0 Å². The van der Waals surface area contributed by atoms with Gasteiger partial charge in [-0.25, -0.2) is 0 Å². The average molecular weight is 246 g/mol. The first-order valence-corrected chi connectivity index (χ1v) is 6.15. The molecule has 0 radical (unpaired) electrons. The lowest BCUT2D eigenvalue weighted by Crippen LogP contribution is -2.37. The predicted molar refractivity (Wildman–Crippen MR) is 70.0 cm³/mol. The van der Waals surface area contributed by atoms with Crippen LogP contribution >= 0.6 is 0 Å². The number of rotatable bonds is 3. The smallest absolute Gasteiger partial charge is 0.121 e. The predicted octanol–water partition coefficient (Wildman–Crippen LogP) is 2.18. The molecule has 96 valence electrons. The second kappa shape index (κ2) is 5.74. The van der Waals surface area contributed by atoms with Crippen LogP contribution < -0.4 is 9.64 Å². The van der Waals surface area contributed by atoms with E-state index in [0.29, 0.717) is 11.6 Å². The number of ether oxygens (including phenoxy) is 2. The van der Waals surface area contributed by atoms with E-state index in [4.69, 9.17) is 9.47 Å². The quantitative estimate of drug-likeness (QED) is 0.820. The van der Waals surface area contributed by atoms with Crippen LogP contribution in [-0.4, -0.2) is 33.4 Å². The Labute approximate surface area is 108 Å². The Kier molecular flexibility index (Phi) is 4.06. The Bertz CT molecular complexity index is 448. The number of hydrogen-bond acceptors (Lipinski definition) is 4. The Balaban J connectivity index is 2.27. The summed E-state index contributed by atoms with van der Waals surface area (Å²) in [6, 6.07) is 8.22. The third-order valence-electron chi connectivity index (χ3n) is 3.44. The molecule has 1 aromatic rings. The number of anilines is 1. The van der Waals surface area contributed by atoms with Crippen molar-refractivity contribution in [3.8, 4) is 11.8 Å². The molecule has 0 unspecified atom stereocenters. The van der Waals surface area contributed by atoms with Crippen LogP contribution in [0.4, 0.5) is 5.69 Å². The van der Waals surface area contributed by atoms with Crippen LogP contribution in [0, 0.1) is 11.3 Å². The van der Waals surface area contributed by atoms with E-state index in [0.717, 1.165) is 37.5 Å². The van der Waals surface area contributed by atoms with Gasteiger partial charge in [0, 0.05) is 32.4 Å². The minimum atomic E-state index is 0.429. The summed E-state index contributed by atoms with van der Waals surface area (Å²) in [5.41, 5.74) is 1.62. The highest BCUT2D eigenvalue weighted by molar-refractivity contribution is 5.62. The zero-order chi connectivity index (χ0) is 13.0. The Morgan fingerprint density at radius 1 is 1.39 bits per heavy atom. The Morgan fingerprint density at radius 3 is 2.72 bits per heavy atom. The van der Waals surface area contributed by atoms with Crippen LogP contribution in [-0.2, 0) is 4.74 Å². The van der Waals surface area contributed by atoms with E-state index in [2.05, 4.69) is 11.0 Å². The van der Waals surface area contributed by atoms with Crippen molar-refractivity contribution in [3.63, 3.8) is 0 Å². The van der Waals surface area contributed by atoms with Gasteiger partial charge < -0.3 is 14.4 Å². The van der Waals surface area contributed by atoms with E-state index in [9.17, 15) is 5.26 Å². The van der Waals surface area contributed by atoms with Gasteiger partial charge in [-0.2, -0.15) is 5.26 Å². The van der Waals surface area contributed by atoms with Crippen molar-refractivity contribution in [2.24, 2.45) is 0 Å². The molecule has 1 fully saturated rings. The van der Waals surface area contributed by atoms with Crippen LogP contribution in [0.15, 0.2) is 18.2 Å². The van der Waals surface area contributed by atoms with Crippen molar-refractivity contribution in [1.29, 1.82) is 5.26 Å². The molecule has 0 saturated carbocycles. The van der Waals surface area contributed by atoms with E-state index >= 15 is 0 Å². The fourth-order valence-electron chi connectivity index (χ4n) is 2.29. The van der Waals surface area contributed by atoms with Crippen molar-refractivity contribution in [2.75, 3.05) is 32.3 Å². The lowest BCUT2D eigenvalue weighted by atomic mass is 10.1. The second-order valence-corrected chi connectivity index (χ2v) is 4.45. The summed E-state index contributed by atoms with van der Waals surface area (Å²) in [6.45, 7) is 1.59. The number of hydrogen-bond donors (Lipinski definition) is 0. The van der Waals surface area contributed by atoms with Crippen molar-refractivity contribution >= 4 is 5.69 Å². The molecule has 0 spiro atoms. The lowest BCUT2D eigenvalue weighted by molar-refractivity contribution is 0.0855. The molecular weight excluding hydrogens is 228 g/mol. The van der Waals surface area contributed by atoms with E-state index in [1.54, 1.807) is 7.11 Å². The summed E-state index contributed by atoms with van der Waals surface area (Å²) in [6.07, 6.45) is 2.00. The normalized spacial score (nSPS) is 16.1. The molecule has 0 amide bonds. The molecule has 2 rings (SSSR count). The standard InChI is InChI=1S/C14H18N2O2/c1-16(12-5-7-18-8-6-12)14-9-13(17-2)4-3-11(14)10-15/h3-4,9,12H,5-8H2,1-2H3. The molecule has 1 aliphatic rings. The molecular formula is C14H18N2O2. The van der Waals surface area contributed by atoms with Gasteiger partial charge in [0.1, 0.15) is 11.8 Å². The van der Waals surface area contributed by atoms with Gasteiger partial charge >= 0.3 is 0 Å². The first-order chi connectivity index (χ1) is 8.76. The largest absolute Gasteiger partial charge is 0.497 e. The van der Waals surface area contributed by atoms with Crippen molar-refractivity contribution in [1.82, 2.24) is 0 Å². The first kappa shape index (κ1) is 12.7. The third-order valence-corrected chi connectivity index (χ3v) is 3.44. The fraction of sp³-hybridized carbons (Fsp3) is 0.500. The summed E-state index contributed by atoms with van der Waals surface area (Å²) in [5.74, 6) is 0.780. The van der Waals surface area contributed by atoms with Gasteiger partial charge in [-0.1, -0.05) is 0 Å². The van der Waals surface area contributed by atoms with E-state index in [-0.39, 0.29) is 0 Å². The lowest BCUT2D eigenvalue weighted by Gasteiger charge is -2.33. The van der Waals surface area contributed by atoms with Crippen LogP contribution in [0.3, 0.4) is 0 Å². The molecule has 1 heterocycles. The van der Waals surface area contributed by atoms with Crippen molar-refractivity contribution in [3.05, 3.63) is 23.8 Å². The van der Waals surface area contributed by atoms with Gasteiger partial charge in [0.2, 0.25) is 0 Å². The van der Waals surface area contributed by atoms with Gasteiger partial charge in [0.25, 0.3) is 0 Å². The molecule has 0 atom stereocenters. The molecule has 18 heavy (non-hydrogen) atoms. The molecule has 1 saturated heterocycles. The fourth-order valence-corrected chi connectivity index (χ4v) is 2.29. The average Bonchev–Trinajstić information content (AvgIpc) is 2.46. The number of benzene rings is 1. The van der Waals surface area contributed by atoms with Crippen LogP contribution in [0.1, 0.15) is 18.4 Å². The number of nitriles is 1. The van der Waals surface area contributed by atoms with Gasteiger partial charge in [0.05, 0.1) is 18.4 Å². The maximum absolute atomic E-state index is 9.19. The highest BCUT2D eigenvalue weighted by Gasteiger charge is 2.21. The molecule has 0 aromatic heterocycles. The zero-order valence-electron chi connectivity index (χ0n) is 10.8. The SMILES string of the molecule is COc1ccc(C#N)c(N(C)C2CCOCC2)c1. The summed E-state index contributed by atoms with van der Waals surface area (Å²) in [7, 11) is 3.67. The summed E-state index contributed by atoms with van der Waals surface area (Å²) in [5, 5.41) is 9.19. The number of methoxy groups -OCH3 is 1. The van der Waals surface area contributed by atoms with Crippen LogP contribution in [0.25, 0.3) is 0 Å². The van der Waals surface area contributed by atoms with E-state index in [1.165, 1.54) is 0 Å². The number of nitrogens with zero attached hydrogens (tertiary/aromatic N) is 2. The second-order valence-electron chi connectivity index (χ2n) is 4.45. The van der Waals surface area contributed by atoms with Gasteiger partial charge in [-0.3, -0.25) is 0 Å². The molecule has 0 bridgehead atoms. The van der Waals surface area contributed by atoms with Crippen molar-refractivity contribution in [2.45, 2.75) is 18.9 Å². The minimum absolute atomic E-state index is 0.429. The monoisotopic (exact) mass is 246 g/mol. The molecule has 1 aromatic carbocycles. The molecule has 0 N–H and O–H groups in total. The molecule has 4 heteroatoms. The summed E-state index contributed by atoms with van der Waals surface area (Å²) >= 11 is 0. The van der Waals surface area contributed by atoms with E-state index in [1.807, 2.05) is 25.2 Å². The maximum atomic E-state index is 9.19. The summed E-state index contributed by atoms with van der Waals surface area (Å²) in [4.78, 5) is 2.17. The highest BCUT2D eigenvalue weighted by Crippen LogP contribution is 2.28.